The minimum Gasteiger partial charge on any atom is -0.315 e. The molecule has 0 amide bonds. The molecule has 17 heavy (non-hydrogen) atoms. The molecule has 1 saturated heterocycles. The third-order valence-corrected chi connectivity index (χ3v) is 3.91. The van der Waals surface area contributed by atoms with Crippen LogP contribution in [0.2, 0.25) is 0 Å². The Morgan fingerprint density at radius 3 is 2.76 bits per heavy atom. The van der Waals surface area contributed by atoms with Gasteiger partial charge in [-0.1, -0.05) is 44.2 Å². The van der Waals surface area contributed by atoms with Crippen LogP contribution in [0.4, 0.5) is 0 Å². The number of isothiocyanates is 1. The zero-order chi connectivity index (χ0) is 12.3. The fourth-order valence-electron chi connectivity index (χ4n) is 1.79. The first-order valence-electron chi connectivity index (χ1n) is 5.36. The summed E-state index contributed by atoms with van der Waals surface area (Å²) in [5.74, 6) is 0. The molecule has 0 bridgehead atoms. The summed E-state index contributed by atoms with van der Waals surface area (Å²) < 4.78 is 15.3. The van der Waals surface area contributed by atoms with E-state index in [-0.39, 0.29) is 11.5 Å². The lowest BCUT2D eigenvalue weighted by atomic mass is 9.83. The Bertz CT molecular complexity index is 431. The van der Waals surface area contributed by atoms with Gasteiger partial charge >= 0.3 is 8.53 Å². The first-order chi connectivity index (χ1) is 8.13. The molecule has 1 fully saturated rings. The van der Waals surface area contributed by atoms with Crippen LogP contribution in [-0.2, 0) is 9.05 Å². The Labute approximate surface area is 108 Å². The summed E-state index contributed by atoms with van der Waals surface area (Å²) in [7, 11) is -1.28. The van der Waals surface area contributed by atoms with Gasteiger partial charge in [-0.05, 0) is 17.8 Å². The highest BCUT2D eigenvalue weighted by Crippen LogP contribution is 2.55. The average Bonchev–Trinajstić information content (AvgIpc) is 2.33. The number of rotatable bonds is 2. The van der Waals surface area contributed by atoms with Gasteiger partial charge in [-0.15, -0.1) is 0 Å². The molecule has 0 N–H and O–H groups in total. The molecule has 0 radical (unpaired) electrons. The minimum atomic E-state index is -1.28. The summed E-state index contributed by atoms with van der Waals surface area (Å²) in [4.78, 5) is 0. The van der Waals surface area contributed by atoms with Crippen molar-refractivity contribution in [2.45, 2.75) is 20.0 Å². The molecular formula is C12H14NO2PS. The van der Waals surface area contributed by atoms with E-state index in [1.165, 1.54) is 0 Å². The smallest absolute Gasteiger partial charge is 0.315 e. The average molecular weight is 267 g/mol. The second-order valence-electron chi connectivity index (χ2n) is 4.59. The van der Waals surface area contributed by atoms with Crippen molar-refractivity contribution in [3.05, 3.63) is 35.9 Å². The van der Waals surface area contributed by atoms with E-state index in [1.807, 2.05) is 18.2 Å². The van der Waals surface area contributed by atoms with Crippen molar-refractivity contribution in [2.75, 3.05) is 6.61 Å². The Kier molecular flexibility index (Phi) is 4.03. The van der Waals surface area contributed by atoms with Crippen molar-refractivity contribution in [2.24, 2.45) is 10.2 Å². The second kappa shape index (κ2) is 5.34. The lowest BCUT2D eigenvalue weighted by Crippen LogP contribution is -2.31. The summed E-state index contributed by atoms with van der Waals surface area (Å²) in [5, 5.41) is 2.32. The first kappa shape index (κ1) is 12.8. The predicted molar refractivity (Wildman–Crippen MR) is 71.9 cm³/mol. The van der Waals surface area contributed by atoms with Crippen molar-refractivity contribution in [3.8, 4) is 0 Å². The number of benzene rings is 1. The topological polar surface area (TPSA) is 30.8 Å². The van der Waals surface area contributed by atoms with E-state index < -0.39 is 8.53 Å². The zero-order valence-corrected chi connectivity index (χ0v) is 11.5. The Morgan fingerprint density at radius 2 is 2.12 bits per heavy atom. The summed E-state index contributed by atoms with van der Waals surface area (Å²) in [5.41, 5.74) is 1.07. The highest BCUT2D eigenvalue weighted by Gasteiger charge is 2.40. The standard InChI is InChI=1S/C12H14NO2PS/c1-12(2)8-14-16(13-9-17)15-11(12)10-6-4-3-5-7-10/h3-7,11H,8H2,1-2H3. The lowest BCUT2D eigenvalue weighted by molar-refractivity contribution is -0.0106. The Morgan fingerprint density at radius 1 is 1.41 bits per heavy atom. The molecule has 0 spiro atoms. The van der Waals surface area contributed by atoms with Gasteiger partial charge in [0.2, 0.25) is 0 Å². The van der Waals surface area contributed by atoms with E-state index >= 15 is 0 Å². The molecule has 2 rings (SSSR count). The van der Waals surface area contributed by atoms with E-state index in [0.29, 0.717) is 6.61 Å². The van der Waals surface area contributed by atoms with Gasteiger partial charge in [0, 0.05) is 5.41 Å². The highest BCUT2D eigenvalue weighted by atomic mass is 32.1. The second-order valence-corrected chi connectivity index (χ2v) is 5.91. The molecule has 1 aromatic rings. The zero-order valence-electron chi connectivity index (χ0n) is 9.79. The van der Waals surface area contributed by atoms with Crippen LogP contribution in [0.1, 0.15) is 25.5 Å². The molecule has 1 aliphatic rings. The molecule has 1 aliphatic heterocycles. The maximum Gasteiger partial charge on any atom is 0.320 e. The van der Waals surface area contributed by atoms with E-state index in [2.05, 4.69) is 48.1 Å². The molecule has 5 heteroatoms. The highest BCUT2D eigenvalue weighted by molar-refractivity contribution is 7.78. The van der Waals surface area contributed by atoms with E-state index in [9.17, 15) is 0 Å². The fraction of sp³-hybridized carbons (Fsp3) is 0.417. The number of hydrogen-bond acceptors (Lipinski definition) is 4. The van der Waals surface area contributed by atoms with Gasteiger partial charge in [-0.3, -0.25) is 0 Å². The number of thiocarbonyl (C=S) groups is 1. The molecular weight excluding hydrogens is 253 g/mol. The van der Waals surface area contributed by atoms with Crippen molar-refractivity contribution >= 4 is 25.9 Å². The van der Waals surface area contributed by atoms with E-state index in [0.717, 1.165) is 5.56 Å². The molecule has 1 heterocycles. The van der Waals surface area contributed by atoms with Gasteiger partial charge in [0.05, 0.1) is 17.9 Å². The molecule has 2 unspecified atom stereocenters. The quantitative estimate of drug-likeness (QED) is 0.458. The summed E-state index contributed by atoms with van der Waals surface area (Å²) in [6.07, 6.45) is -0.0179. The van der Waals surface area contributed by atoms with E-state index in [4.69, 9.17) is 9.05 Å². The molecule has 2 atom stereocenters. The predicted octanol–water partition coefficient (Wildman–Crippen LogP) is 4.13. The van der Waals surface area contributed by atoms with Gasteiger partial charge in [-0.25, -0.2) is 0 Å². The SMILES string of the molecule is CC1(C)COP(N=C=S)OC1c1ccccc1. The van der Waals surface area contributed by atoms with Crippen LogP contribution in [0.5, 0.6) is 0 Å². The third-order valence-electron chi connectivity index (χ3n) is 2.68. The molecule has 0 aromatic heterocycles. The third kappa shape index (κ3) is 2.98. The van der Waals surface area contributed by atoms with Crippen LogP contribution in [0, 0.1) is 5.41 Å². The maximum atomic E-state index is 5.87. The van der Waals surface area contributed by atoms with Gasteiger partial charge < -0.3 is 9.05 Å². The van der Waals surface area contributed by atoms with Gasteiger partial charge in [-0.2, -0.15) is 4.76 Å². The van der Waals surface area contributed by atoms with Crippen molar-refractivity contribution < 1.29 is 9.05 Å². The largest absolute Gasteiger partial charge is 0.320 e. The van der Waals surface area contributed by atoms with Crippen molar-refractivity contribution in [1.29, 1.82) is 0 Å². The van der Waals surface area contributed by atoms with Crippen LogP contribution in [0.3, 0.4) is 0 Å². The van der Waals surface area contributed by atoms with E-state index in [1.54, 1.807) is 0 Å². The van der Waals surface area contributed by atoms with Crippen molar-refractivity contribution in [1.82, 2.24) is 0 Å². The maximum absolute atomic E-state index is 5.87. The van der Waals surface area contributed by atoms with Gasteiger partial charge in [0.15, 0.2) is 0 Å². The fourth-order valence-corrected chi connectivity index (χ4v) is 3.25. The van der Waals surface area contributed by atoms with Crippen LogP contribution in [0.15, 0.2) is 35.1 Å². The van der Waals surface area contributed by atoms with Crippen LogP contribution in [-0.4, -0.2) is 11.8 Å². The molecule has 3 nitrogen and oxygen atoms in total. The summed E-state index contributed by atoms with van der Waals surface area (Å²) >= 11 is 4.58. The van der Waals surface area contributed by atoms with Gasteiger partial charge in [0.1, 0.15) is 0 Å². The Balaban J connectivity index is 2.25. The van der Waals surface area contributed by atoms with Crippen LogP contribution < -0.4 is 0 Å². The molecule has 0 saturated carbocycles. The van der Waals surface area contributed by atoms with Crippen molar-refractivity contribution in [3.63, 3.8) is 0 Å². The lowest BCUT2D eigenvalue weighted by Gasteiger charge is -2.39. The minimum absolute atomic E-state index is 0.0179. The number of hydrogen-bond donors (Lipinski definition) is 0. The normalized spacial score (nSPS) is 27.2. The van der Waals surface area contributed by atoms with Crippen LogP contribution in [0.25, 0.3) is 0 Å². The Hall–Kier alpha value is -0.630. The first-order valence-corrected chi connectivity index (χ1v) is 6.90. The summed E-state index contributed by atoms with van der Waals surface area (Å²) in [6.45, 7) is 4.86. The number of nitrogens with zero attached hydrogens (tertiary/aromatic N) is 1. The van der Waals surface area contributed by atoms with Crippen LogP contribution >= 0.6 is 20.7 Å². The van der Waals surface area contributed by atoms with Gasteiger partial charge in [0.25, 0.3) is 0 Å². The monoisotopic (exact) mass is 267 g/mol. The molecule has 1 aromatic carbocycles. The molecule has 0 aliphatic carbocycles. The molecule has 90 valence electrons. The summed E-state index contributed by atoms with van der Waals surface area (Å²) in [6, 6.07) is 10.1.